The van der Waals surface area contributed by atoms with E-state index in [1.54, 1.807) is 0 Å². The summed E-state index contributed by atoms with van der Waals surface area (Å²) >= 11 is 0. The molecule has 1 aliphatic rings. The van der Waals surface area contributed by atoms with E-state index in [-0.39, 0.29) is 0 Å². The van der Waals surface area contributed by atoms with Crippen molar-refractivity contribution in [3.05, 3.63) is 29.8 Å². The van der Waals surface area contributed by atoms with Gasteiger partial charge in [0.05, 0.1) is 0 Å². The highest BCUT2D eigenvalue weighted by molar-refractivity contribution is 5.54. The standard InChI is InChI=1S/C14H23N3/c1-12-11-17(10-9-16(12)2)14-6-4-3-5-13(14)7-8-15/h3-6,12H,7-11,15H2,1-2H3. The van der Waals surface area contributed by atoms with Gasteiger partial charge < -0.3 is 15.5 Å². The molecule has 1 atom stereocenters. The van der Waals surface area contributed by atoms with Crippen molar-refractivity contribution in [3.63, 3.8) is 0 Å². The Morgan fingerprint density at radius 1 is 1.29 bits per heavy atom. The van der Waals surface area contributed by atoms with Gasteiger partial charge in [-0.25, -0.2) is 0 Å². The van der Waals surface area contributed by atoms with Crippen molar-refractivity contribution >= 4 is 5.69 Å². The fraction of sp³-hybridized carbons (Fsp3) is 0.571. The van der Waals surface area contributed by atoms with Gasteiger partial charge in [0.1, 0.15) is 0 Å². The topological polar surface area (TPSA) is 32.5 Å². The molecule has 3 heteroatoms. The summed E-state index contributed by atoms with van der Waals surface area (Å²) in [5.74, 6) is 0. The average molecular weight is 233 g/mol. The minimum atomic E-state index is 0.620. The van der Waals surface area contributed by atoms with Crippen LogP contribution >= 0.6 is 0 Å². The van der Waals surface area contributed by atoms with E-state index in [9.17, 15) is 0 Å². The lowest BCUT2D eigenvalue weighted by Gasteiger charge is -2.39. The molecule has 1 aromatic carbocycles. The molecule has 94 valence electrons. The maximum Gasteiger partial charge on any atom is 0.0400 e. The number of piperazine rings is 1. The molecule has 3 nitrogen and oxygen atoms in total. The summed E-state index contributed by atoms with van der Waals surface area (Å²) in [7, 11) is 2.20. The van der Waals surface area contributed by atoms with Crippen LogP contribution in [0.3, 0.4) is 0 Å². The first kappa shape index (κ1) is 12.4. The van der Waals surface area contributed by atoms with Crippen LogP contribution in [0.2, 0.25) is 0 Å². The Morgan fingerprint density at radius 2 is 2.06 bits per heavy atom. The number of likely N-dealkylation sites (N-methyl/N-ethyl adjacent to an activating group) is 1. The molecule has 0 aliphatic carbocycles. The Kier molecular flexibility index (Phi) is 4.02. The Balaban J connectivity index is 2.16. The second-order valence-electron chi connectivity index (χ2n) is 4.94. The Labute approximate surface area is 104 Å². The molecule has 2 rings (SSSR count). The number of nitrogens with two attached hydrogens (primary N) is 1. The minimum absolute atomic E-state index is 0.620. The van der Waals surface area contributed by atoms with Crippen molar-refractivity contribution in [1.82, 2.24) is 4.90 Å². The van der Waals surface area contributed by atoms with Crippen LogP contribution in [0.4, 0.5) is 5.69 Å². The Bertz CT molecular complexity index is 364. The van der Waals surface area contributed by atoms with Gasteiger partial charge in [-0.15, -0.1) is 0 Å². The summed E-state index contributed by atoms with van der Waals surface area (Å²) in [6, 6.07) is 9.27. The Hall–Kier alpha value is -1.06. The molecule has 0 amide bonds. The van der Waals surface area contributed by atoms with Crippen molar-refractivity contribution in [3.8, 4) is 0 Å². The second-order valence-corrected chi connectivity index (χ2v) is 4.94. The number of rotatable bonds is 3. The van der Waals surface area contributed by atoms with Gasteiger partial charge in [-0.05, 0) is 38.6 Å². The molecular formula is C14H23N3. The molecule has 1 fully saturated rings. The SMILES string of the molecule is CC1CN(c2ccccc2CCN)CCN1C. The van der Waals surface area contributed by atoms with Crippen LogP contribution in [0, 0.1) is 0 Å². The van der Waals surface area contributed by atoms with Crippen LogP contribution in [0.5, 0.6) is 0 Å². The largest absolute Gasteiger partial charge is 0.368 e. The molecule has 0 bridgehead atoms. The summed E-state index contributed by atoms with van der Waals surface area (Å²) in [5.41, 5.74) is 8.44. The highest BCUT2D eigenvalue weighted by Gasteiger charge is 2.21. The van der Waals surface area contributed by atoms with Crippen LogP contribution in [-0.4, -0.2) is 44.2 Å². The highest BCUT2D eigenvalue weighted by Crippen LogP contribution is 2.23. The van der Waals surface area contributed by atoms with Crippen LogP contribution in [0.15, 0.2) is 24.3 Å². The molecule has 0 radical (unpaired) electrons. The van der Waals surface area contributed by atoms with Gasteiger partial charge in [0.25, 0.3) is 0 Å². The van der Waals surface area contributed by atoms with E-state index in [2.05, 4.69) is 48.0 Å². The van der Waals surface area contributed by atoms with E-state index in [0.717, 1.165) is 32.6 Å². The molecule has 1 aliphatic heterocycles. The second kappa shape index (κ2) is 5.52. The third kappa shape index (κ3) is 2.79. The lowest BCUT2D eigenvalue weighted by molar-refractivity contribution is 0.234. The first-order valence-corrected chi connectivity index (χ1v) is 6.45. The molecule has 0 saturated carbocycles. The first-order valence-electron chi connectivity index (χ1n) is 6.45. The smallest absolute Gasteiger partial charge is 0.0400 e. The molecule has 0 aromatic heterocycles. The van der Waals surface area contributed by atoms with Gasteiger partial charge in [0.2, 0.25) is 0 Å². The quantitative estimate of drug-likeness (QED) is 0.855. The molecule has 1 saturated heterocycles. The fourth-order valence-electron chi connectivity index (χ4n) is 2.45. The van der Waals surface area contributed by atoms with E-state index in [0.29, 0.717) is 6.04 Å². The van der Waals surface area contributed by atoms with E-state index >= 15 is 0 Å². The maximum atomic E-state index is 5.68. The number of para-hydroxylation sites is 1. The molecular weight excluding hydrogens is 210 g/mol. The van der Waals surface area contributed by atoms with Gasteiger partial charge in [-0.1, -0.05) is 18.2 Å². The minimum Gasteiger partial charge on any atom is -0.368 e. The highest BCUT2D eigenvalue weighted by atomic mass is 15.3. The molecule has 1 aromatic rings. The van der Waals surface area contributed by atoms with Crippen molar-refractivity contribution in [2.45, 2.75) is 19.4 Å². The number of hydrogen-bond acceptors (Lipinski definition) is 3. The number of hydrogen-bond donors (Lipinski definition) is 1. The van der Waals surface area contributed by atoms with Crippen LogP contribution < -0.4 is 10.6 Å². The monoisotopic (exact) mass is 233 g/mol. The van der Waals surface area contributed by atoms with Gasteiger partial charge in [-0.2, -0.15) is 0 Å². The van der Waals surface area contributed by atoms with Gasteiger partial charge in [0.15, 0.2) is 0 Å². The number of nitrogens with zero attached hydrogens (tertiary/aromatic N) is 2. The molecule has 0 spiro atoms. The van der Waals surface area contributed by atoms with Crippen molar-refractivity contribution in [1.29, 1.82) is 0 Å². The summed E-state index contributed by atoms with van der Waals surface area (Å²) in [5, 5.41) is 0. The normalized spacial score (nSPS) is 21.8. The van der Waals surface area contributed by atoms with Crippen molar-refractivity contribution in [2.75, 3.05) is 38.1 Å². The zero-order valence-corrected chi connectivity index (χ0v) is 10.9. The van der Waals surface area contributed by atoms with Crippen LogP contribution in [-0.2, 0) is 6.42 Å². The van der Waals surface area contributed by atoms with Crippen molar-refractivity contribution < 1.29 is 0 Å². The maximum absolute atomic E-state index is 5.68. The van der Waals surface area contributed by atoms with E-state index in [4.69, 9.17) is 5.73 Å². The zero-order chi connectivity index (χ0) is 12.3. The molecule has 2 N–H and O–H groups in total. The van der Waals surface area contributed by atoms with Gasteiger partial charge in [0, 0.05) is 31.4 Å². The first-order chi connectivity index (χ1) is 8.22. The molecule has 1 heterocycles. The lowest BCUT2D eigenvalue weighted by atomic mass is 10.1. The Morgan fingerprint density at radius 3 is 2.76 bits per heavy atom. The molecule has 1 unspecified atom stereocenters. The lowest BCUT2D eigenvalue weighted by Crippen LogP contribution is -2.50. The summed E-state index contributed by atoms with van der Waals surface area (Å²) in [6.07, 6.45) is 0.969. The summed E-state index contributed by atoms with van der Waals surface area (Å²) < 4.78 is 0. The summed E-state index contributed by atoms with van der Waals surface area (Å²) in [6.45, 7) is 6.37. The van der Waals surface area contributed by atoms with Crippen LogP contribution in [0.25, 0.3) is 0 Å². The predicted molar refractivity (Wildman–Crippen MR) is 73.5 cm³/mol. The van der Waals surface area contributed by atoms with Gasteiger partial charge in [-0.3, -0.25) is 0 Å². The third-order valence-electron chi connectivity index (χ3n) is 3.71. The zero-order valence-electron chi connectivity index (χ0n) is 10.9. The third-order valence-corrected chi connectivity index (χ3v) is 3.71. The van der Waals surface area contributed by atoms with E-state index in [1.165, 1.54) is 11.3 Å². The van der Waals surface area contributed by atoms with Gasteiger partial charge >= 0.3 is 0 Å². The fourth-order valence-corrected chi connectivity index (χ4v) is 2.45. The average Bonchev–Trinajstić information content (AvgIpc) is 2.34. The predicted octanol–water partition coefficient (Wildman–Crippen LogP) is 1.33. The van der Waals surface area contributed by atoms with Crippen molar-refractivity contribution in [2.24, 2.45) is 5.73 Å². The summed E-state index contributed by atoms with van der Waals surface area (Å²) in [4.78, 5) is 4.91. The molecule has 17 heavy (non-hydrogen) atoms. The van der Waals surface area contributed by atoms with E-state index in [1.807, 2.05) is 0 Å². The number of anilines is 1. The van der Waals surface area contributed by atoms with E-state index < -0.39 is 0 Å². The number of benzene rings is 1. The van der Waals surface area contributed by atoms with Crippen LogP contribution in [0.1, 0.15) is 12.5 Å².